The lowest BCUT2D eigenvalue weighted by molar-refractivity contribution is -0.136. The average molecular weight is 171 g/mol. The third-order valence-corrected chi connectivity index (χ3v) is 1.11. The second kappa shape index (κ2) is 3.04. The third kappa shape index (κ3) is 1.60. The number of hydrogen-bond acceptors (Lipinski definition) is 5. The highest BCUT2D eigenvalue weighted by molar-refractivity contribution is 6.07. The molecule has 0 aliphatic carbocycles. The number of hydrogen-bond donors (Lipinski definition) is 1. The molecular formula is C6H5NO5. The SMILES string of the molecule is COC(=O)/C=C1/NC(=O)OC1=O. The van der Waals surface area contributed by atoms with Gasteiger partial charge in [-0.1, -0.05) is 0 Å². The van der Waals surface area contributed by atoms with Gasteiger partial charge in [-0.3, -0.25) is 5.32 Å². The number of rotatable bonds is 1. The van der Waals surface area contributed by atoms with Crippen LogP contribution >= 0.6 is 0 Å². The van der Waals surface area contributed by atoms with Crippen LogP contribution in [0, 0.1) is 0 Å². The molecule has 1 saturated heterocycles. The Balaban J connectivity index is 2.76. The van der Waals surface area contributed by atoms with Crippen LogP contribution in [0.1, 0.15) is 0 Å². The maximum atomic E-state index is 10.7. The van der Waals surface area contributed by atoms with Crippen LogP contribution in [-0.4, -0.2) is 25.1 Å². The van der Waals surface area contributed by atoms with E-state index in [1.54, 1.807) is 0 Å². The zero-order valence-electron chi connectivity index (χ0n) is 6.12. The van der Waals surface area contributed by atoms with Crippen LogP contribution < -0.4 is 5.32 Å². The maximum absolute atomic E-state index is 10.7. The fourth-order valence-electron chi connectivity index (χ4n) is 0.597. The first-order valence-corrected chi connectivity index (χ1v) is 2.96. The van der Waals surface area contributed by atoms with E-state index in [9.17, 15) is 14.4 Å². The van der Waals surface area contributed by atoms with E-state index < -0.39 is 18.0 Å². The summed E-state index contributed by atoms with van der Waals surface area (Å²) in [6, 6.07) is 0. The largest absolute Gasteiger partial charge is 0.466 e. The molecule has 0 spiro atoms. The van der Waals surface area contributed by atoms with Gasteiger partial charge >= 0.3 is 18.0 Å². The predicted molar refractivity (Wildman–Crippen MR) is 34.7 cm³/mol. The number of carbonyl (C=O) groups is 3. The number of amides is 1. The molecular weight excluding hydrogens is 166 g/mol. The van der Waals surface area contributed by atoms with Crippen LogP contribution in [0.2, 0.25) is 0 Å². The van der Waals surface area contributed by atoms with Gasteiger partial charge in [0.2, 0.25) is 0 Å². The lowest BCUT2D eigenvalue weighted by atomic mass is 10.4. The van der Waals surface area contributed by atoms with Gasteiger partial charge in [0.05, 0.1) is 13.2 Å². The van der Waals surface area contributed by atoms with Crippen LogP contribution in [0.4, 0.5) is 4.79 Å². The molecule has 6 heteroatoms. The van der Waals surface area contributed by atoms with Gasteiger partial charge < -0.3 is 9.47 Å². The molecule has 1 aliphatic rings. The summed E-state index contributed by atoms with van der Waals surface area (Å²) in [5.41, 5.74) is -0.216. The summed E-state index contributed by atoms with van der Waals surface area (Å²) in [7, 11) is 1.15. The molecule has 0 unspecified atom stereocenters. The number of nitrogens with one attached hydrogen (secondary N) is 1. The molecule has 1 N–H and O–H groups in total. The van der Waals surface area contributed by atoms with Crippen LogP contribution in [0.3, 0.4) is 0 Å². The van der Waals surface area contributed by atoms with Crippen LogP contribution in [0.25, 0.3) is 0 Å². The van der Waals surface area contributed by atoms with Gasteiger partial charge in [0.1, 0.15) is 5.70 Å². The van der Waals surface area contributed by atoms with Gasteiger partial charge in [0.25, 0.3) is 0 Å². The van der Waals surface area contributed by atoms with Crippen molar-refractivity contribution in [2.45, 2.75) is 0 Å². The molecule has 1 amide bonds. The van der Waals surface area contributed by atoms with Gasteiger partial charge in [-0.15, -0.1) is 0 Å². The van der Waals surface area contributed by atoms with Crippen LogP contribution in [0.5, 0.6) is 0 Å². The number of carbonyl (C=O) groups excluding carboxylic acids is 3. The van der Waals surface area contributed by atoms with Crippen LogP contribution in [-0.2, 0) is 19.1 Å². The summed E-state index contributed by atoms with van der Waals surface area (Å²) >= 11 is 0. The van der Waals surface area contributed by atoms with Crippen molar-refractivity contribution in [1.29, 1.82) is 0 Å². The Hall–Kier alpha value is -1.85. The predicted octanol–water partition coefficient (Wildman–Crippen LogP) is -0.690. The molecule has 12 heavy (non-hydrogen) atoms. The number of cyclic esters (lactones) is 2. The Labute approximate surface area is 67.1 Å². The zero-order valence-corrected chi connectivity index (χ0v) is 6.12. The molecule has 0 radical (unpaired) electrons. The Kier molecular flexibility index (Phi) is 2.09. The summed E-state index contributed by atoms with van der Waals surface area (Å²) < 4.78 is 8.28. The van der Waals surface area contributed by atoms with E-state index in [2.05, 4.69) is 9.47 Å². The summed E-state index contributed by atoms with van der Waals surface area (Å²) in [6.07, 6.45) is -0.0529. The Bertz CT molecular complexity index is 280. The number of esters is 2. The molecule has 0 bridgehead atoms. The van der Waals surface area contributed by atoms with E-state index in [1.165, 1.54) is 0 Å². The van der Waals surface area contributed by atoms with E-state index in [-0.39, 0.29) is 5.70 Å². The maximum Gasteiger partial charge on any atom is 0.419 e. The lowest BCUT2D eigenvalue weighted by Crippen LogP contribution is -2.13. The Morgan fingerprint density at radius 2 is 2.25 bits per heavy atom. The topological polar surface area (TPSA) is 81.7 Å². The minimum absolute atomic E-state index is 0.216. The monoisotopic (exact) mass is 171 g/mol. The highest BCUT2D eigenvalue weighted by atomic mass is 16.6. The molecule has 1 rings (SSSR count). The number of alkyl carbamates (subject to hydrolysis) is 1. The summed E-state index contributed by atoms with van der Waals surface area (Å²) in [4.78, 5) is 31.6. The fraction of sp³-hybridized carbons (Fsp3) is 0.167. The average Bonchev–Trinajstić information content (AvgIpc) is 2.30. The smallest absolute Gasteiger partial charge is 0.419 e. The Morgan fingerprint density at radius 3 is 2.67 bits per heavy atom. The normalized spacial score (nSPS) is 18.9. The van der Waals surface area contributed by atoms with E-state index in [0.717, 1.165) is 13.2 Å². The molecule has 6 nitrogen and oxygen atoms in total. The van der Waals surface area contributed by atoms with Crippen molar-refractivity contribution in [2.75, 3.05) is 7.11 Å². The highest BCUT2D eigenvalue weighted by Crippen LogP contribution is 2.03. The molecule has 1 aliphatic heterocycles. The summed E-state index contributed by atoms with van der Waals surface area (Å²) in [5, 5.41) is 2.02. The second-order valence-electron chi connectivity index (χ2n) is 1.88. The van der Waals surface area contributed by atoms with Crippen molar-refractivity contribution in [1.82, 2.24) is 5.32 Å². The van der Waals surface area contributed by atoms with Crippen molar-refractivity contribution in [3.63, 3.8) is 0 Å². The molecule has 0 aromatic heterocycles. The zero-order chi connectivity index (χ0) is 9.14. The third-order valence-electron chi connectivity index (χ3n) is 1.11. The minimum atomic E-state index is -0.893. The molecule has 0 atom stereocenters. The van der Waals surface area contributed by atoms with E-state index in [4.69, 9.17) is 0 Å². The number of methoxy groups -OCH3 is 1. The molecule has 1 heterocycles. The van der Waals surface area contributed by atoms with Gasteiger partial charge in [-0.25, -0.2) is 14.4 Å². The molecule has 64 valence electrons. The summed E-state index contributed by atoms with van der Waals surface area (Å²) in [6.45, 7) is 0. The fourth-order valence-corrected chi connectivity index (χ4v) is 0.597. The second-order valence-corrected chi connectivity index (χ2v) is 1.88. The van der Waals surface area contributed by atoms with E-state index in [1.807, 2.05) is 5.32 Å². The van der Waals surface area contributed by atoms with Crippen molar-refractivity contribution < 1.29 is 23.9 Å². The van der Waals surface area contributed by atoms with E-state index in [0.29, 0.717) is 0 Å². The van der Waals surface area contributed by atoms with Crippen molar-refractivity contribution in [3.05, 3.63) is 11.8 Å². The van der Waals surface area contributed by atoms with Crippen molar-refractivity contribution >= 4 is 18.0 Å². The standard InChI is InChI=1S/C6H5NO5/c1-11-4(8)2-3-5(9)12-6(10)7-3/h2H,1H3,(H,7,10)/b3-2+. The van der Waals surface area contributed by atoms with Crippen LogP contribution in [0.15, 0.2) is 11.8 Å². The van der Waals surface area contributed by atoms with Gasteiger partial charge in [-0.2, -0.15) is 0 Å². The molecule has 0 aromatic rings. The molecule has 0 saturated carbocycles. The summed E-state index contributed by atoms with van der Waals surface area (Å²) in [5.74, 6) is -1.62. The molecule has 0 aromatic carbocycles. The first-order chi connectivity index (χ1) is 5.63. The number of ether oxygens (including phenoxy) is 2. The Morgan fingerprint density at radius 1 is 1.58 bits per heavy atom. The molecule has 1 fully saturated rings. The van der Waals surface area contributed by atoms with Gasteiger partial charge in [-0.05, 0) is 0 Å². The quantitative estimate of drug-likeness (QED) is 0.321. The van der Waals surface area contributed by atoms with Crippen molar-refractivity contribution in [2.24, 2.45) is 0 Å². The highest BCUT2D eigenvalue weighted by Gasteiger charge is 2.26. The first-order valence-electron chi connectivity index (χ1n) is 2.96. The van der Waals surface area contributed by atoms with Crippen molar-refractivity contribution in [3.8, 4) is 0 Å². The minimum Gasteiger partial charge on any atom is -0.466 e. The van der Waals surface area contributed by atoms with E-state index >= 15 is 0 Å². The van der Waals surface area contributed by atoms with Gasteiger partial charge in [0, 0.05) is 0 Å². The first kappa shape index (κ1) is 8.25. The van der Waals surface area contributed by atoms with Gasteiger partial charge in [0.15, 0.2) is 0 Å². The lowest BCUT2D eigenvalue weighted by Gasteiger charge is -1.90.